The molecule has 0 saturated carbocycles. The summed E-state index contributed by atoms with van der Waals surface area (Å²) in [6.45, 7) is 3.12. The summed E-state index contributed by atoms with van der Waals surface area (Å²) in [5.41, 5.74) is 5.21. The highest BCUT2D eigenvalue weighted by Crippen LogP contribution is 2.23. The van der Waals surface area contributed by atoms with Gasteiger partial charge in [0.15, 0.2) is 0 Å². The van der Waals surface area contributed by atoms with Crippen LogP contribution in [0.2, 0.25) is 0 Å². The molecule has 3 nitrogen and oxygen atoms in total. The van der Waals surface area contributed by atoms with E-state index in [1.807, 2.05) is 30.3 Å². The van der Waals surface area contributed by atoms with Crippen molar-refractivity contribution >= 4 is 17.3 Å². The summed E-state index contributed by atoms with van der Waals surface area (Å²) < 4.78 is 0. The molecule has 3 rings (SSSR count). The second kappa shape index (κ2) is 6.00. The van der Waals surface area contributed by atoms with Crippen molar-refractivity contribution in [3.63, 3.8) is 0 Å². The van der Waals surface area contributed by atoms with Gasteiger partial charge in [-0.15, -0.1) is 0 Å². The molecule has 0 aliphatic carbocycles. The van der Waals surface area contributed by atoms with Crippen LogP contribution in [-0.2, 0) is 12.8 Å². The first-order chi connectivity index (χ1) is 10.3. The van der Waals surface area contributed by atoms with Gasteiger partial charge in [-0.3, -0.25) is 4.79 Å². The van der Waals surface area contributed by atoms with E-state index < -0.39 is 0 Å². The standard InChI is InChI=1S/C18H20N2O/c1-2-3-13-4-8-16(9-5-13)20-18(21)15-7-6-14-10-11-19-17(14)12-15/h4-9,12,19H,2-3,10-11H2,1H3,(H,20,21). The molecule has 0 bridgehead atoms. The van der Waals surface area contributed by atoms with Crippen LogP contribution < -0.4 is 10.6 Å². The Kier molecular flexibility index (Phi) is 3.91. The molecule has 0 radical (unpaired) electrons. The molecule has 0 saturated heterocycles. The fourth-order valence-electron chi connectivity index (χ4n) is 2.68. The van der Waals surface area contributed by atoms with Crippen LogP contribution in [0.25, 0.3) is 0 Å². The summed E-state index contributed by atoms with van der Waals surface area (Å²) in [5, 5.41) is 6.25. The Hall–Kier alpha value is -2.29. The first-order valence-electron chi connectivity index (χ1n) is 7.53. The number of nitrogens with one attached hydrogen (secondary N) is 2. The number of carbonyl (C=O) groups is 1. The van der Waals surface area contributed by atoms with E-state index in [-0.39, 0.29) is 5.91 Å². The molecule has 0 spiro atoms. The summed E-state index contributed by atoms with van der Waals surface area (Å²) >= 11 is 0. The van der Waals surface area contributed by atoms with E-state index in [2.05, 4.69) is 29.7 Å². The van der Waals surface area contributed by atoms with Gasteiger partial charge in [0.1, 0.15) is 0 Å². The van der Waals surface area contributed by atoms with Crippen molar-refractivity contribution in [2.24, 2.45) is 0 Å². The highest BCUT2D eigenvalue weighted by atomic mass is 16.1. The molecule has 1 heterocycles. The van der Waals surface area contributed by atoms with Crippen LogP contribution in [0.5, 0.6) is 0 Å². The van der Waals surface area contributed by atoms with Crippen molar-refractivity contribution in [2.45, 2.75) is 26.2 Å². The second-order valence-electron chi connectivity index (χ2n) is 5.45. The van der Waals surface area contributed by atoms with Crippen molar-refractivity contribution in [2.75, 3.05) is 17.2 Å². The van der Waals surface area contributed by atoms with Crippen LogP contribution in [-0.4, -0.2) is 12.5 Å². The van der Waals surface area contributed by atoms with Crippen molar-refractivity contribution < 1.29 is 4.79 Å². The first-order valence-corrected chi connectivity index (χ1v) is 7.53. The maximum atomic E-state index is 12.3. The molecule has 0 atom stereocenters. The third-order valence-electron chi connectivity index (χ3n) is 3.83. The summed E-state index contributed by atoms with van der Waals surface area (Å²) in [7, 11) is 0. The zero-order valence-corrected chi connectivity index (χ0v) is 12.3. The van der Waals surface area contributed by atoms with Gasteiger partial charge in [0.2, 0.25) is 0 Å². The number of anilines is 2. The number of carbonyl (C=O) groups excluding carboxylic acids is 1. The van der Waals surface area contributed by atoms with Crippen molar-refractivity contribution in [3.05, 3.63) is 59.2 Å². The lowest BCUT2D eigenvalue weighted by Crippen LogP contribution is -2.12. The van der Waals surface area contributed by atoms with E-state index in [0.29, 0.717) is 5.56 Å². The molecule has 3 heteroatoms. The molecule has 2 aromatic rings. The Morgan fingerprint density at radius 2 is 2.00 bits per heavy atom. The van der Waals surface area contributed by atoms with E-state index in [1.54, 1.807) is 0 Å². The van der Waals surface area contributed by atoms with Crippen LogP contribution in [0, 0.1) is 0 Å². The lowest BCUT2D eigenvalue weighted by molar-refractivity contribution is 0.102. The lowest BCUT2D eigenvalue weighted by atomic mass is 10.1. The molecule has 1 aliphatic rings. The van der Waals surface area contributed by atoms with Crippen LogP contribution in [0.1, 0.15) is 34.8 Å². The molecule has 108 valence electrons. The molecular formula is C18H20N2O. The largest absolute Gasteiger partial charge is 0.384 e. The summed E-state index contributed by atoms with van der Waals surface area (Å²) in [5.74, 6) is -0.0604. The van der Waals surface area contributed by atoms with Gasteiger partial charge in [0.05, 0.1) is 0 Å². The minimum Gasteiger partial charge on any atom is -0.384 e. The molecule has 2 N–H and O–H groups in total. The Morgan fingerprint density at radius 1 is 1.19 bits per heavy atom. The number of fused-ring (bicyclic) bond motifs is 1. The SMILES string of the molecule is CCCc1ccc(NC(=O)c2ccc3c(c2)NCC3)cc1. The predicted molar refractivity (Wildman–Crippen MR) is 87.0 cm³/mol. The molecule has 21 heavy (non-hydrogen) atoms. The third kappa shape index (κ3) is 3.07. The quantitative estimate of drug-likeness (QED) is 0.893. The van der Waals surface area contributed by atoms with Gasteiger partial charge in [-0.2, -0.15) is 0 Å². The molecule has 0 fully saturated rings. The number of rotatable bonds is 4. The van der Waals surface area contributed by atoms with Gasteiger partial charge in [0.25, 0.3) is 5.91 Å². The van der Waals surface area contributed by atoms with E-state index in [4.69, 9.17) is 0 Å². The number of hydrogen-bond acceptors (Lipinski definition) is 2. The van der Waals surface area contributed by atoms with Crippen molar-refractivity contribution in [1.82, 2.24) is 0 Å². The first kappa shape index (κ1) is 13.7. The molecule has 1 aliphatic heterocycles. The maximum Gasteiger partial charge on any atom is 0.255 e. The number of amides is 1. The monoisotopic (exact) mass is 280 g/mol. The topological polar surface area (TPSA) is 41.1 Å². The summed E-state index contributed by atoms with van der Waals surface area (Å²) in [4.78, 5) is 12.3. The number of benzene rings is 2. The average Bonchev–Trinajstić information content (AvgIpc) is 2.97. The van der Waals surface area contributed by atoms with Crippen LogP contribution in [0.4, 0.5) is 11.4 Å². The summed E-state index contributed by atoms with van der Waals surface area (Å²) in [6, 6.07) is 13.9. The third-order valence-corrected chi connectivity index (χ3v) is 3.83. The molecule has 2 aromatic carbocycles. The molecule has 0 aromatic heterocycles. The highest BCUT2D eigenvalue weighted by Gasteiger charge is 2.13. The van der Waals surface area contributed by atoms with Gasteiger partial charge < -0.3 is 10.6 Å². The van der Waals surface area contributed by atoms with Crippen LogP contribution in [0.15, 0.2) is 42.5 Å². The normalized spacial score (nSPS) is 12.6. The van der Waals surface area contributed by atoms with Crippen LogP contribution >= 0.6 is 0 Å². The van der Waals surface area contributed by atoms with E-state index in [1.165, 1.54) is 11.1 Å². The van der Waals surface area contributed by atoms with Gasteiger partial charge in [-0.05, 0) is 48.2 Å². The van der Waals surface area contributed by atoms with Crippen LogP contribution in [0.3, 0.4) is 0 Å². The van der Waals surface area contributed by atoms with Gasteiger partial charge in [0, 0.05) is 23.5 Å². The average molecular weight is 280 g/mol. The highest BCUT2D eigenvalue weighted by molar-refractivity contribution is 6.05. The van der Waals surface area contributed by atoms with Crippen molar-refractivity contribution in [3.8, 4) is 0 Å². The minimum absolute atomic E-state index is 0.0604. The lowest BCUT2D eigenvalue weighted by Gasteiger charge is -2.08. The molecule has 1 amide bonds. The number of hydrogen-bond donors (Lipinski definition) is 2. The zero-order valence-electron chi connectivity index (χ0n) is 12.3. The molecule has 0 unspecified atom stereocenters. The minimum atomic E-state index is -0.0604. The zero-order chi connectivity index (χ0) is 14.7. The molecular weight excluding hydrogens is 260 g/mol. The van der Waals surface area contributed by atoms with Gasteiger partial charge >= 0.3 is 0 Å². The van der Waals surface area contributed by atoms with E-state index in [0.717, 1.165) is 37.2 Å². The van der Waals surface area contributed by atoms with E-state index >= 15 is 0 Å². The Bertz CT molecular complexity index is 647. The van der Waals surface area contributed by atoms with Crippen molar-refractivity contribution in [1.29, 1.82) is 0 Å². The smallest absolute Gasteiger partial charge is 0.255 e. The fourth-order valence-corrected chi connectivity index (χ4v) is 2.68. The Balaban J connectivity index is 1.71. The Morgan fingerprint density at radius 3 is 2.76 bits per heavy atom. The van der Waals surface area contributed by atoms with Gasteiger partial charge in [-0.1, -0.05) is 31.5 Å². The van der Waals surface area contributed by atoms with E-state index in [9.17, 15) is 4.79 Å². The second-order valence-corrected chi connectivity index (χ2v) is 5.45. The maximum absolute atomic E-state index is 12.3. The fraction of sp³-hybridized carbons (Fsp3) is 0.278. The van der Waals surface area contributed by atoms with Gasteiger partial charge in [-0.25, -0.2) is 0 Å². The Labute approximate surface area is 125 Å². The number of aryl methyl sites for hydroxylation is 1. The predicted octanol–water partition coefficient (Wildman–Crippen LogP) is 3.86. The summed E-state index contributed by atoms with van der Waals surface area (Å²) in [6.07, 6.45) is 3.24.